The van der Waals surface area contributed by atoms with Gasteiger partial charge in [-0.15, -0.1) is 0 Å². The fourth-order valence-corrected chi connectivity index (χ4v) is 1.11. The third-order valence-electron chi connectivity index (χ3n) is 1.98. The zero-order valence-electron chi connectivity index (χ0n) is 9.11. The van der Waals surface area contributed by atoms with Gasteiger partial charge in [0.1, 0.15) is 11.6 Å². The van der Waals surface area contributed by atoms with Gasteiger partial charge < -0.3 is 21.0 Å². The number of nitrogens with one attached hydrogen (secondary N) is 1. The average molecular weight is 241 g/mol. The van der Waals surface area contributed by atoms with Crippen molar-refractivity contribution < 1.29 is 19.1 Å². The Labute approximate surface area is 96.9 Å². The number of rotatable bonds is 4. The van der Waals surface area contributed by atoms with Gasteiger partial charge in [0.05, 0.1) is 19.2 Å². The van der Waals surface area contributed by atoms with Crippen LogP contribution in [0.5, 0.6) is 5.75 Å². The van der Waals surface area contributed by atoms with E-state index in [1.807, 2.05) is 0 Å². The fourth-order valence-electron chi connectivity index (χ4n) is 1.11. The van der Waals surface area contributed by atoms with E-state index in [1.165, 1.54) is 19.2 Å². The third kappa shape index (κ3) is 3.33. The minimum atomic E-state index is -0.707. The minimum absolute atomic E-state index is 0.142. The molecule has 0 aromatic heterocycles. The molecule has 0 aliphatic rings. The van der Waals surface area contributed by atoms with Gasteiger partial charge in [-0.2, -0.15) is 0 Å². The third-order valence-corrected chi connectivity index (χ3v) is 1.98. The number of carbonyl (C=O) groups is 1. The fraction of sp³-hybridized carbons (Fsp3) is 0.200. The molecule has 6 nitrogen and oxygen atoms in total. The number of carbonyl (C=O) groups excluding carboxylic acids is 1. The van der Waals surface area contributed by atoms with Gasteiger partial charge in [0, 0.05) is 6.07 Å². The van der Waals surface area contributed by atoms with Gasteiger partial charge in [-0.1, -0.05) is 5.16 Å². The Morgan fingerprint density at radius 3 is 2.88 bits per heavy atom. The largest absolute Gasteiger partial charge is 0.497 e. The highest BCUT2D eigenvalue weighted by molar-refractivity contribution is 5.97. The number of nitrogens with two attached hydrogens (primary N) is 1. The molecule has 1 aromatic carbocycles. The molecule has 0 unspecified atom stereocenters. The lowest BCUT2D eigenvalue weighted by Gasteiger charge is -2.06. The van der Waals surface area contributed by atoms with Crippen molar-refractivity contribution in [1.82, 2.24) is 5.32 Å². The molecule has 0 radical (unpaired) electrons. The van der Waals surface area contributed by atoms with Crippen LogP contribution >= 0.6 is 0 Å². The Bertz CT molecular complexity index is 448. The second kappa shape index (κ2) is 5.69. The van der Waals surface area contributed by atoms with Crippen molar-refractivity contribution in [3.05, 3.63) is 29.6 Å². The Morgan fingerprint density at radius 1 is 1.65 bits per heavy atom. The van der Waals surface area contributed by atoms with Crippen molar-refractivity contribution in [3.63, 3.8) is 0 Å². The number of benzene rings is 1. The number of halogens is 1. The lowest BCUT2D eigenvalue weighted by atomic mass is 10.2. The summed E-state index contributed by atoms with van der Waals surface area (Å²) < 4.78 is 18.2. The van der Waals surface area contributed by atoms with Gasteiger partial charge in [0.25, 0.3) is 5.91 Å². The van der Waals surface area contributed by atoms with E-state index in [9.17, 15) is 9.18 Å². The monoisotopic (exact) mass is 241 g/mol. The lowest BCUT2D eigenvalue weighted by Crippen LogP contribution is -2.33. The first-order chi connectivity index (χ1) is 8.08. The molecule has 4 N–H and O–H groups in total. The highest BCUT2D eigenvalue weighted by atomic mass is 19.1. The topological polar surface area (TPSA) is 96.9 Å². The first-order valence-corrected chi connectivity index (χ1v) is 4.66. The van der Waals surface area contributed by atoms with Crippen molar-refractivity contribution in [2.75, 3.05) is 13.7 Å². The van der Waals surface area contributed by atoms with Crippen molar-refractivity contribution in [3.8, 4) is 5.75 Å². The van der Waals surface area contributed by atoms with E-state index in [-0.39, 0.29) is 17.9 Å². The Morgan fingerprint density at radius 2 is 2.35 bits per heavy atom. The smallest absolute Gasteiger partial charge is 0.254 e. The Balaban J connectivity index is 2.76. The molecule has 0 atom stereocenters. The van der Waals surface area contributed by atoms with Crippen LogP contribution in [0, 0.1) is 5.82 Å². The van der Waals surface area contributed by atoms with Crippen molar-refractivity contribution >= 4 is 11.7 Å². The van der Waals surface area contributed by atoms with Crippen LogP contribution in [0.15, 0.2) is 23.4 Å². The summed E-state index contributed by atoms with van der Waals surface area (Å²) in [5.74, 6) is -1.22. The molecule has 0 heterocycles. The number of ether oxygens (including phenoxy) is 1. The maximum absolute atomic E-state index is 13.4. The summed E-state index contributed by atoms with van der Waals surface area (Å²) in [7, 11) is 1.40. The number of methoxy groups -OCH3 is 1. The second-order valence-electron chi connectivity index (χ2n) is 3.12. The predicted octanol–water partition coefficient (Wildman–Crippen LogP) is 0.310. The highest BCUT2D eigenvalue weighted by Gasteiger charge is 2.12. The molecule has 0 aliphatic heterocycles. The van der Waals surface area contributed by atoms with Gasteiger partial charge in [-0.3, -0.25) is 4.79 Å². The summed E-state index contributed by atoms with van der Waals surface area (Å²) in [5.41, 5.74) is 5.01. The molecular formula is C10H12FN3O3. The van der Waals surface area contributed by atoms with Crippen LogP contribution in [0.4, 0.5) is 4.39 Å². The zero-order valence-corrected chi connectivity index (χ0v) is 9.11. The highest BCUT2D eigenvalue weighted by Crippen LogP contribution is 2.15. The lowest BCUT2D eigenvalue weighted by molar-refractivity contribution is 0.0955. The summed E-state index contributed by atoms with van der Waals surface area (Å²) in [6.07, 6.45) is 0. The van der Waals surface area contributed by atoms with E-state index in [0.29, 0.717) is 5.75 Å². The molecule has 0 fully saturated rings. The summed E-state index contributed by atoms with van der Waals surface area (Å²) in [6.45, 7) is -0.166. The van der Waals surface area contributed by atoms with Crippen LogP contribution in [-0.2, 0) is 0 Å². The van der Waals surface area contributed by atoms with Gasteiger partial charge in [0.2, 0.25) is 0 Å². The Hall–Kier alpha value is -2.31. The molecule has 17 heavy (non-hydrogen) atoms. The maximum atomic E-state index is 13.4. The normalized spacial score (nSPS) is 11.1. The molecule has 7 heteroatoms. The molecule has 1 aromatic rings. The van der Waals surface area contributed by atoms with Gasteiger partial charge in [0.15, 0.2) is 5.84 Å². The summed E-state index contributed by atoms with van der Waals surface area (Å²) >= 11 is 0. The van der Waals surface area contributed by atoms with E-state index >= 15 is 0 Å². The second-order valence-corrected chi connectivity index (χ2v) is 3.12. The molecule has 0 bridgehead atoms. The van der Waals surface area contributed by atoms with Crippen LogP contribution < -0.4 is 15.8 Å². The van der Waals surface area contributed by atoms with Crippen LogP contribution in [0.25, 0.3) is 0 Å². The molecule has 0 spiro atoms. The number of hydrogen-bond acceptors (Lipinski definition) is 4. The molecule has 0 saturated carbocycles. The zero-order chi connectivity index (χ0) is 12.8. The first kappa shape index (κ1) is 12.8. The molecule has 92 valence electrons. The van der Waals surface area contributed by atoms with Crippen LogP contribution in [0.1, 0.15) is 10.4 Å². The van der Waals surface area contributed by atoms with Crippen LogP contribution in [0.3, 0.4) is 0 Å². The standard InChI is InChI=1S/C10H12FN3O3/c1-17-6-2-3-7(8(11)4-6)10(15)13-5-9(12)14-16/h2-4,16H,5H2,1H3,(H2,12,14)(H,13,15). The predicted molar refractivity (Wildman–Crippen MR) is 58.7 cm³/mol. The number of nitrogens with zero attached hydrogens (tertiary/aromatic N) is 1. The molecular weight excluding hydrogens is 229 g/mol. The molecule has 0 saturated heterocycles. The first-order valence-electron chi connectivity index (χ1n) is 4.66. The van der Waals surface area contributed by atoms with Crippen LogP contribution in [0.2, 0.25) is 0 Å². The minimum Gasteiger partial charge on any atom is -0.497 e. The van der Waals surface area contributed by atoms with Gasteiger partial charge in [-0.05, 0) is 12.1 Å². The van der Waals surface area contributed by atoms with E-state index in [0.717, 1.165) is 6.07 Å². The van der Waals surface area contributed by atoms with E-state index < -0.39 is 11.7 Å². The number of oxime groups is 1. The maximum Gasteiger partial charge on any atom is 0.254 e. The molecule has 0 aliphatic carbocycles. The van der Waals surface area contributed by atoms with Crippen molar-refractivity contribution in [2.24, 2.45) is 10.9 Å². The van der Waals surface area contributed by atoms with E-state index in [2.05, 4.69) is 10.5 Å². The molecule has 1 rings (SSSR count). The summed E-state index contributed by atoms with van der Waals surface area (Å²) in [4.78, 5) is 11.5. The summed E-state index contributed by atoms with van der Waals surface area (Å²) in [5, 5.41) is 13.2. The van der Waals surface area contributed by atoms with Crippen LogP contribution in [-0.4, -0.2) is 30.6 Å². The SMILES string of the molecule is COc1ccc(C(=O)NC/C(N)=N/O)c(F)c1. The average Bonchev–Trinajstić information content (AvgIpc) is 2.35. The van der Waals surface area contributed by atoms with Gasteiger partial charge >= 0.3 is 0 Å². The van der Waals surface area contributed by atoms with Gasteiger partial charge in [-0.25, -0.2) is 4.39 Å². The molecule has 1 amide bonds. The van der Waals surface area contributed by atoms with E-state index in [4.69, 9.17) is 15.7 Å². The number of hydrogen-bond donors (Lipinski definition) is 3. The van der Waals surface area contributed by atoms with Crippen molar-refractivity contribution in [2.45, 2.75) is 0 Å². The number of amidine groups is 1. The summed E-state index contributed by atoms with van der Waals surface area (Å²) in [6, 6.07) is 3.84. The Kier molecular flexibility index (Phi) is 4.27. The van der Waals surface area contributed by atoms with Crippen molar-refractivity contribution in [1.29, 1.82) is 0 Å². The number of amides is 1. The quantitative estimate of drug-likeness (QED) is 0.306. The van der Waals surface area contributed by atoms with E-state index in [1.54, 1.807) is 0 Å².